The van der Waals surface area contributed by atoms with E-state index in [1.54, 1.807) is 25.1 Å². The van der Waals surface area contributed by atoms with Gasteiger partial charge in [0, 0.05) is 29.9 Å². The monoisotopic (exact) mass is 340 g/mol. The summed E-state index contributed by atoms with van der Waals surface area (Å²) in [6.45, 7) is 2.34. The second kappa shape index (κ2) is 7.29. The summed E-state index contributed by atoms with van der Waals surface area (Å²) in [5.74, 6) is 0. The zero-order valence-electron chi connectivity index (χ0n) is 11.8. The lowest BCUT2D eigenvalue weighted by Gasteiger charge is -2.10. The first-order valence-electron chi connectivity index (χ1n) is 6.48. The third kappa shape index (κ3) is 4.47. The molecule has 1 aromatic heterocycles. The first-order chi connectivity index (χ1) is 10.5. The number of urea groups is 1. The van der Waals surface area contributed by atoms with Gasteiger partial charge in [-0.15, -0.1) is 0 Å². The minimum Gasteiger partial charge on any atom is -0.336 e. The molecule has 0 aliphatic carbocycles. The highest BCUT2D eigenvalue weighted by Gasteiger charge is 2.06. The zero-order valence-corrected chi connectivity index (χ0v) is 13.3. The van der Waals surface area contributed by atoms with Crippen LogP contribution in [0.15, 0.2) is 35.4 Å². The van der Waals surface area contributed by atoms with Gasteiger partial charge in [0.15, 0.2) is 0 Å². The number of carbonyl (C=O) groups excluding carboxylic acids is 1. The number of anilines is 1. The largest absolute Gasteiger partial charge is 0.336 e. The molecule has 1 aromatic carbocycles. The summed E-state index contributed by atoms with van der Waals surface area (Å²) in [6.07, 6.45) is 1.45. The van der Waals surface area contributed by atoms with Crippen molar-refractivity contribution in [1.82, 2.24) is 14.9 Å². The zero-order chi connectivity index (χ0) is 16.1. The van der Waals surface area contributed by atoms with E-state index in [0.29, 0.717) is 28.0 Å². The maximum absolute atomic E-state index is 11.8. The van der Waals surface area contributed by atoms with Gasteiger partial charge in [-0.3, -0.25) is 9.36 Å². The first kappa shape index (κ1) is 16.3. The molecule has 2 N–H and O–H groups in total. The van der Waals surface area contributed by atoms with Crippen molar-refractivity contribution in [3.63, 3.8) is 0 Å². The summed E-state index contributed by atoms with van der Waals surface area (Å²) in [5, 5.41) is 6.08. The van der Waals surface area contributed by atoms with Gasteiger partial charge in [-0.1, -0.05) is 23.2 Å². The van der Waals surface area contributed by atoms with Gasteiger partial charge in [-0.25, -0.2) is 9.78 Å². The van der Waals surface area contributed by atoms with Crippen LogP contribution in [0.2, 0.25) is 10.0 Å². The number of aryl methyl sites for hydroxylation is 1. The van der Waals surface area contributed by atoms with E-state index in [4.69, 9.17) is 23.2 Å². The van der Waals surface area contributed by atoms with Crippen molar-refractivity contribution in [3.05, 3.63) is 56.7 Å². The minimum atomic E-state index is -0.433. The standard InChI is InChI=1S/C14H14Cl2N4O2/c1-9-6-13(21)20(8-18-9)5-4-17-14(22)19-12-7-10(15)2-3-11(12)16/h2-3,6-8H,4-5H2,1H3,(H2,17,19,22). The lowest BCUT2D eigenvalue weighted by atomic mass is 10.3. The molecule has 2 amide bonds. The average molecular weight is 341 g/mol. The van der Waals surface area contributed by atoms with Gasteiger partial charge in [-0.2, -0.15) is 0 Å². The predicted molar refractivity (Wildman–Crippen MR) is 86.7 cm³/mol. The van der Waals surface area contributed by atoms with Gasteiger partial charge in [0.2, 0.25) is 0 Å². The molecular formula is C14H14Cl2N4O2. The Morgan fingerprint density at radius 2 is 2.09 bits per heavy atom. The molecule has 0 unspecified atom stereocenters. The number of aromatic nitrogens is 2. The quantitative estimate of drug-likeness (QED) is 0.898. The molecule has 8 heteroatoms. The van der Waals surface area contributed by atoms with Crippen LogP contribution in [0, 0.1) is 6.92 Å². The van der Waals surface area contributed by atoms with Crippen LogP contribution in [0.3, 0.4) is 0 Å². The summed E-state index contributed by atoms with van der Waals surface area (Å²) >= 11 is 11.8. The fourth-order valence-corrected chi connectivity index (χ4v) is 2.07. The minimum absolute atomic E-state index is 0.160. The van der Waals surface area contributed by atoms with Crippen LogP contribution >= 0.6 is 23.2 Å². The van der Waals surface area contributed by atoms with E-state index in [0.717, 1.165) is 0 Å². The number of halogens is 2. The van der Waals surface area contributed by atoms with Gasteiger partial charge in [0.1, 0.15) is 0 Å². The Balaban J connectivity index is 1.88. The lowest BCUT2D eigenvalue weighted by molar-refractivity contribution is 0.251. The Morgan fingerprint density at radius 1 is 1.32 bits per heavy atom. The van der Waals surface area contributed by atoms with Crippen molar-refractivity contribution in [1.29, 1.82) is 0 Å². The molecule has 0 fully saturated rings. The van der Waals surface area contributed by atoms with E-state index in [-0.39, 0.29) is 12.1 Å². The topological polar surface area (TPSA) is 76.0 Å². The van der Waals surface area contributed by atoms with E-state index in [1.165, 1.54) is 17.0 Å². The van der Waals surface area contributed by atoms with E-state index in [1.807, 2.05) is 0 Å². The Kier molecular flexibility index (Phi) is 5.41. The van der Waals surface area contributed by atoms with Crippen molar-refractivity contribution in [2.24, 2.45) is 0 Å². The summed E-state index contributed by atoms with van der Waals surface area (Å²) in [6, 6.07) is 5.78. The third-order valence-electron chi connectivity index (χ3n) is 2.83. The number of benzene rings is 1. The number of amides is 2. The van der Waals surface area contributed by atoms with Gasteiger partial charge in [0.25, 0.3) is 5.56 Å². The average Bonchev–Trinajstić information content (AvgIpc) is 2.45. The molecule has 0 bridgehead atoms. The molecule has 2 aromatic rings. The fraction of sp³-hybridized carbons (Fsp3) is 0.214. The second-order valence-electron chi connectivity index (χ2n) is 4.57. The molecule has 1 heterocycles. The third-order valence-corrected chi connectivity index (χ3v) is 3.40. The second-order valence-corrected chi connectivity index (χ2v) is 5.41. The van der Waals surface area contributed by atoms with Gasteiger partial charge in [-0.05, 0) is 25.1 Å². The first-order valence-corrected chi connectivity index (χ1v) is 7.24. The summed E-state index contributed by atoms with van der Waals surface area (Å²) in [4.78, 5) is 27.5. The maximum Gasteiger partial charge on any atom is 0.319 e. The van der Waals surface area contributed by atoms with Crippen molar-refractivity contribution < 1.29 is 4.79 Å². The predicted octanol–water partition coefficient (Wildman–Crippen LogP) is 2.68. The molecule has 0 spiro atoms. The Morgan fingerprint density at radius 3 is 2.82 bits per heavy atom. The molecular weight excluding hydrogens is 327 g/mol. The molecule has 22 heavy (non-hydrogen) atoms. The van der Waals surface area contributed by atoms with Crippen LogP contribution in [-0.4, -0.2) is 22.1 Å². The Labute approximate surface area is 137 Å². The summed E-state index contributed by atoms with van der Waals surface area (Å²) in [5.41, 5.74) is 0.913. The number of nitrogens with one attached hydrogen (secondary N) is 2. The van der Waals surface area contributed by atoms with E-state index in [2.05, 4.69) is 15.6 Å². The van der Waals surface area contributed by atoms with Crippen LogP contribution < -0.4 is 16.2 Å². The molecule has 2 rings (SSSR count). The van der Waals surface area contributed by atoms with Crippen molar-refractivity contribution in [2.75, 3.05) is 11.9 Å². The molecule has 0 aliphatic heterocycles. The van der Waals surface area contributed by atoms with Crippen LogP contribution in [-0.2, 0) is 6.54 Å². The van der Waals surface area contributed by atoms with E-state index < -0.39 is 6.03 Å². The van der Waals surface area contributed by atoms with E-state index in [9.17, 15) is 9.59 Å². The normalized spacial score (nSPS) is 10.3. The summed E-state index contributed by atoms with van der Waals surface area (Å²) in [7, 11) is 0. The summed E-state index contributed by atoms with van der Waals surface area (Å²) < 4.78 is 1.42. The van der Waals surface area contributed by atoms with Crippen LogP contribution in [0.25, 0.3) is 0 Å². The molecule has 6 nitrogen and oxygen atoms in total. The molecule has 0 saturated heterocycles. The van der Waals surface area contributed by atoms with Crippen LogP contribution in [0.1, 0.15) is 5.69 Å². The van der Waals surface area contributed by atoms with Crippen molar-refractivity contribution >= 4 is 34.9 Å². The van der Waals surface area contributed by atoms with Gasteiger partial charge in [0.05, 0.1) is 17.0 Å². The number of carbonyl (C=O) groups is 1. The van der Waals surface area contributed by atoms with Crippen molar-refractivity contribution in [3.8, 4) is 0 Å². The lowest BCUT2D eigenvalue weighted by Crippen LogP contribution is -2.33. The number of rotatable bonds is 4. The molecule has 0 aliphatic rings. The number of hydrogen-bond acceptors (Lipinski definition) is 3. The number of nitrogens with zero attached hydrogens (tertiary/aromatic N) is 2. The van der Waals surface area contributed by atoms with E-state index >= 15 is 0 Å². The van der Waals surface area contributed by atoms with Gasteiger partial charge < -0.3 is 10.6 Å². The molecule has 116 valence electrons. The van der Waals surface area contributed by atoms with Crippen LogP contribution in [0.4, 0.5) is 10.5 Å². The maximum atomic E-state index is 11.8. The highest BCUT2D eigenvalue weighted by Crippen LogP contribution is 2.25. The smallest absolute Gasteiger partial charge is 0.319 e. The highest BCUT2D eigenvalue weighted by atomic mass is 35.5. The van der Waals surface area contributed by atoms with Crippen LogP contribution in [0.5, 0.6) is 0 Å². The molecule has 0 atom stereocenters. The molecule has 0 saturated carbocycles. The SMILES string of the molecule is Cc1cc(=O)n(CCNC(=O)Nc2cc(Cl)ccc2Cl)cn1. The molecule has 0 radical (unpaired) electrons. The Bertz CT molecular complexity index is 746. The van der Waals surface area contributed by atoms with Crippen molar-refractivity contribution in [2.45, 2.75) is 13.5 Å². The Hall–Kier alpha value is -2.05. The fourth-order valence-electron chi connectivity index (χ4n) is 1.73. The number of hydrogen-bond donors (Lipinski definition) is 2. The highest BCUT2D eigenvalue weighted by molar-refractivity contribution is 6.35. The van der Waals surface area contributed by atoms with Gasteiger partial charge >= 0.3 is 6.03 Å².